The first kappa shape index (κ1) is 20.4. The number of nitrogens with two attached hydrogens (primary N) is 1. The van der Waals surface area contributed by atoms with Crippen LogP contribution in [0, 0.1) is 5.82 Å². The Balaban J connectivity index is 2.08. The third kappa shape index (κ3) is 4.39. The van der Waals surface area contributed by atoms with Crippen LogP contribution < -0.4 is 5.73 Å². The molecular formula is C24H27FN2S. The molecule has 3 rings (SSSR count). The van der Waals surface area contributed by atoms with Gasteiger partial charge in [0.25, 0.3) is 0 Å². The fourth-order valence-corrected chi connectivity index (χ4v) is 4.22. The van der Waals surface area contributed by atoms with Gasteiger partial charge in [0.1, 0.15) is 5.82 Å². The third-order valence-electron chi connectivity index (χ3n) is 5.30. The highest BCUT2D eigenvalue weighted by atomic mass is 32.2. The molecule has 146 valence electrons. The molecule has 0 heterocycles. The molecule has 1 fully saturated rings. The number of nitrogens with zero attached hydrogens (tertiary/aromatic N) is 1. The molecule has 0 radical (unpaired) electrons. The van der Waals surface area contributed by atoms with Crippen LogP contribution in [0.2, 0.25) is 0 Å². The Bertz CT molecular complexity index is 926. The molecule has 0 amide bonds. The van der Waals surface area contributed by atoms with E-state index in [4.69, 9.17) is 5.73 Å². The van der Waals surface area contributed by atoms with Crippen LogP contribution in [0.3, 0.4) is 0 Å². The van der Waals surface area contributed by atoms with Crippen molar-refractivity contribution in [1.82, 2.24) is 0 Å². The molecule has 1 aliphatic rings. The molecule has 1 aliphatic carbocycles. The molecule has 0 saturated heterocycles. The summed E-state index contributed by atoms with van der Waals surface area (Å²) in [7, 11) is 0. The Morgan fingerprint density at radius 1 is 1.29 bits per heavy atom. The lowest BCUT2D eigenvalue weighted by Crippen LogP contribution is -2.14. The molecule has 0 bridgehead atoms. The van der Waals surface area contributed by atoms with Crippen LogP contribution in [0.15, 0.2) is 64.6 Å². The monoisotopic (exact) mass is 394 g/mol. The largest absolute Gasteiger partial charge is 0.398 e. The highest BCUT2D eigenvalue weighted by molar-refractivity contribution is 7.98. The number of thioether (sulfide) groups is 1. The van der Waals surface area contributed by atoms with Crippen LogP contribution in [0.4, 0.5) is 4.39 Å². The van der Waals surface area contributed by atoms with Gasteiger partial charge in [0.2, 0.25) is 0 Å². The second-order valence-corrected chi connectivity index (χ2v) is 7.97. The van der Waals surface area contributed by atoms with E-state index in [-0.39, 0.29) is 5.82 Å². The maximum absolute atomic E-state index is 15.8. The van der Waals surface area contributed by atoms with Crippen molar-refractivity contribution in [2.45, 2.75) is 43.4 Å². The SMILES string of the molecule is C=C(N)/C=N\C(=C/C)c1ccc(C2CCC2)c(Cc2ccccc2SC)c1F. The normalized spacial score (nSPS) is 15.0. The van der Waals surface area contributed by atoms with E-state index < -0.39 is 0 Å². The molecule has 2 nitrogen and oxygen atoms in total. The molecule has 1 saturated carbocycles. The van der Waals surface area contributed by atoms with Crippen molar-refractivity contribution in [3.05, 3.63) is 82.8 Å². The van der Waals surface area contributed by atoms with E-state index >= 15 is 4.39 Å². The predicted molar refractivity (Wildman–Crippen MR) is 119 cm³/mol. The quantitative estimate of drug-likeness (QED) is 0.441. The first-order valence-corrected chi connectivity index (χ1v) is 10.9. The van der Waals surface area contributed by atoms with E-state index in [0.717, 1.165) is 29.5 Å². The van der Waals surface area contributed by atoms with Gasteiger partial charge in [-0.25, -0.2) is 4.39 Å². The Morgan fingerprint density at radius 2 is 2.04 bits per heavy atom. The van der Waals surface area contributed by atoms with Gasteiger partial charge >= 0.3 is 0 Å². The van der Waals surface area contributed by atoms with Gasteiger partial charge in [0.15, 0.2) is 0 Å². The van der Waals surface area contributed by atoms with Crippen LogP contribution >= 0.6 is 11.8 Å². The molecular weight excluding hydrogens is 367 g/mol. The van der Waals surface area contributed by atoms with Gasteiger partial charge in [-0.15, -0.1) is 11.8 Å². The van der Waals surface area contributed by atoms with Gasteiger partial charge in [-0.3, -0.25) is 4.99 Å². The van der Waals surface area contributed by atoms with Crippen molar-refractivity contribution in [2.75, 3.05) is 6.26 Å². The zero-order valence-corrected chi connectivity index (χ0v) is 17.4. The van der Waals surface area contributed by atoms with E-state index in [9.17, 15) is 0 Å². The fraction of sp³-hybridized carbons (Fsp3) is 0.292. The van der Waals surface area contributed by atoms with Crippen molar-refractivity contribution < 1.29 is 4.39 Å². The highest BCUT2D eigenvalue weighted by Crippen LogP contribution is 2.41. The average molecular weight is 395 g/mol. The van der Waals surface area contributed by atoms with Crippen LogP contribution in [0.1, 0.15) is 54.4 Å². The molecule has 2 aromatic carbocycles. The molecule has 0 aromatic heterocycles. The standard InChI is InChI=1S/C24H27FN2S/c1-4-22(27-15-16(2)26)20-13-12-19(17-9-7-10-17)21(24(20)25)14-18-8-5-6-11-23(18)28-3/h4-6,8,11-13,15,17H,2,7,9-10,14,26H2,1,3H3/b22-4-,27-15-. The van der Waals surface area contributed by atoms with Gasteiger partial charge in [0.05, 0.1) is 5.70 Å². The molecule has 2 N–H and O–H groups in total. The zero-order chi connectivity index (χ0) is 20.1. The van der Waals surface area contributed by atoms with Crippen LogP contribution in [-0.2, 0) is 6.42 Å². The van der Waals surface area contributed by atoms with Gasteiger partial charge < -0.3 is 5.73 Å². The highest BCUT2D eigenvalue weighted by Gasteiger charge is 2.26. The van der Waals surface area contributed by atoms with Crippen molar-refractivity contribution in [2.24, 2.45) is 10.7 Å². The Labute approximate surface area is 171 Å². The zero-order valence-electron chi connectivity index (χ0n) is 16.5. The average Bonchev–Trinajstić information content (AvgIpc) is 2.65. The van der Waals surface area contributed by atoms with Gasteiger partial charge in [-0.2, -0.15) is 0 Å². The van der Waals surface area contributed by atoms with Crippen molar-refractivity contribution >= 4 is 23.7 Å². The van der Waals surface area contributed by atoms with E-state index in [0.29, 0.717) is 29.3 Å². The lowest BCUT2D eigenvalue weighted by Gasteiger charge is -2.29. The summed E-state index contributed by atoms with van der Waals surface area (Å²) in [6, 6.07) is 12.2. The summed E-state index contributed by atoms with van der Waals surface area (Å²) in [6.45, 7) is 5.49. The smallest absolute Gasteiger partial charge is 0.136 e. The van der Waals surface area contributed by atoms with E-state index in [1.807, 2.05) is 25.1 Å². The lowest BCUT2D eigenvalue weighted by molar-refractivity contribution is 0.415. The van der Waals surface area contributed by atoms with Gasteiger partial charge in [-0.1, -0.05) is 43.3 Å². The summed E-state index contributed by atoms with van der Waals surface area (Å²) in [5.74, 6) is 0.287. The van der Waals surface area contributed by atoms with E-state index in [1.54, 1.807) is 17.8 Å². The van der Waals surface area contributed by atoms with E-state index in [1.165, 1.54) is 17.5 Å². The lowest BCUT2D eigenvalue weighted by atomic mass is 9.76. The second-order valence-electron chi connectivity index (χ2n) is 7.12. The summed E-state index contributed by atoms with van der Waals surface area (Å²) in [5.41, 5.74) is 10.1. The third-order valence-corrected chi connectivity index (χ3v) is 6.14. The number of benzene rings is 2. The van der Waals surface area contributed by atoms with Crippen molar-refractivity contribution in [1.29, 1.82) is 0 Å². The van der Waals surface area contributed by atoms with Crippen molar-refractivity contribution in [3.63, 3.8) is 0 Å². The first-order valence-electron chi connectivity index (χ1n) is 9.63. The maximum atomic E-state index is 15.8. The summed E-state index contributed by atoms with van der Waals surface area (Å²) >= 11 is 1.70. The van der Waals surface area contributed by atoms with Crippen molar-refractivity contribution in [3.8, 4) is 0 Å². The summed E-state index contributed by atoms with van der Waals surface area (Å²) < 4.78 is 15.8. The van der Waals surface area contributed by atoms with Crippen LogP contribution in [0.25, 0.3) is 5.70 Å². The number of rotatable bonds is 7. The van der Waals surface area contributed by atoms with Crippen LogP contribution in [0.5, 0.6) is 0 Å². The second kappa shape index (κ2) is 9.24. The summed E-state index contributed by atoms with van der Waals surface area (Å²) in [4.78, 5) is 5.52. The number of hydrogen-bond donors (Lipinski definition) is 1. The minimum atomic E-state index is -0.173. The maximum Gasteiger partial charge on any atom is 0.136 e. The summed E-state index contributed by atoms with van der Waals surface area (Å²) in [5, 5.41) is 0. The van der Waals surface area contributed by atoms with Gasteiger partial charge in [-0.05, 0) is 60.8 Å². The molecule has 4 heteroatoms. The molecule has 0 aliphatic heterocycles. The molecule has 2 aromatic rings. The number of hydrogen-bond acceptors (Lipinski definition) is 3. The number of aliphatic imine (C=N–C) groups is 1. The predicted octanol–water partition coefficient (Wildman–Crippen LogP) is 6.31. The minimum absolute atomic E-state index is 0.173. The topological polar surface area (TPSA) is 38.4 Å². The Hall–Kier alpha value is -2.33. The molecule has 28 heavy (non-hydrogen) atoms. The number of halogens is 1. The molecule has 0 atom stereocenters. The van der Waals surface area contributed by atoms with Gasteiger partial charge in [0, 0.05) is 28.8 Å². The number of allylic oxidation sites excluding steroid dienone is 2. The fourth-order valence-electron chi connectivity index (χ4n) is 3.61. The molecule has 0 spiro atoms. The van der Waals surface area contributed by atoms with E-state index in [2.05, 4.69) is 36.0 Å². The van der Waals surface area contributed by atoms with Crippen LogP contribution in [-0.4, -0.2) is 12.5 Å². The Kier molecular flexibility index (Phi) is 6.74. The Morgan fingerprint density at radius 3 is 2.64 bits per heavy atom. The first-order chi connectivity index (χ1) is 13.5. The summed E-state index contributed by atoms with van der Waals surface area (Å²) in [6.07, 6.45) is 9.42. The minimum Gasteiger partial charge on any atom is -0.398 e. The molecule has 0 unspecified atom stereocenters.